The highest BCUT2D eigenvalue weighted by Crippen LogP contribution is 2.30. The van der Waals surface area contributed by atoms with Gasteiger partial charge < -0.3 is 9.57 Å². The van der Waals surface area contributed by atoms with Gasteiger partial charge in [-0.2, -0.15) is 0 Å². The van der Waals surface area contributed by atoms with Crippen LogP contribution in [-0.2, 0) is 16.0 Å². The zero-order valence-electron chi connectivity index (χ0n) is 13.5. The molecule has 23 heavy (non-hydrogen) atoms. The molecule has 1 aliphatic heterocycles. The Morgan fingerprint density at radius 2 is 1.91 bits per heavy atom. The molecule has 0 spiro atoms. The Hall–Kier alpha value is -1.91. The van der Waals surface area contributed by atoms with Crippen molar-refractivity contribution in [2.45, 2.75) is 26.0 Å². The minimum Gasteiger partial charge on any atom is -0.379 e. The summed E-state index contributed by atoms with van der Waals surface area (Å²) in [4.78, 5) is 8.06. The van der Waals surface area contributed by atoms with E-state index in [4.69, 9.17) is 9.57 Å². The van der Waals surface area contributed by atoms with Gasteiger partial charge in [0, 0.05) is 18.7 Å². The summed E-state index contributed by atoms with van der Waals surface area (Å²) in [7, 11) is 0. The van der Waals surface area contributed by atoms with E-state index in [1.165, 1.54) is 21.9 Å². The van der Waals surface area contributed by atoms with Gasteiger partial charge in [0.1, 0.15) is 0 Å². The molecule has 0 amide bonds. The van der Waals surface area contributed by atoms with Crippen LogP contribution in [0.25, 0.3) is 10.8 Å². The Kier molecular flexibility index (Phi) is 4.02. The standard InChI is InChI=1S/C19H22N2O2/c1-14(21-10-12-22-13-11-21)23-20-19-9-8-17-16-5-3-2-4-15(16)6-7-18(17)19/h2-7,14H,8-13H2,1H3/b20-19+. The zero-order valence-corrected chi connectivity index (χ0v) is 13.5. The summed E-state index contributed by atoms with van der Waals surface area (Å²) in [6, 6.07) is 12.9. The van der Waals surface area contributed by atoms with Crippen molar-refractivity contribution in [1.82, 2.24) is 4.90 Å². The van der Waals surface area contributed by atoms with Crippen LogP contribution in [0.15, 0.2) is 41.6 Å². The van der Waals surface area contributed by atoms with Crippen molar-refractivity contribution in [2.24, 2.45) is 5.16 Å². The van der Waals surface area contributed by atoms with Gasteiger partial charge in [-0.05, 0) is 36.1 Å². The monoisotopic (exact) mass is 310 g/mol. The summed E-state index contributed by atoms with van der Waals surface area (Å²) >= 11 is 0. The molecular weight excluding hydrogens is 288 g/mol. The Balaban J connectivity index is 1.54. The van der Waals surface area contributed by atoms with Gasteiger partial charge in [-0.15, -0.1) is 0 Å². The van der Waals surface area contributed by atoms with Crippen LogP contribution < -0.4 is 0 Å². The number of hydrogen-bond acceptors (Lipinski definition) is 4. The molecule has 1 unspecified atom stereocenters. The lowest BCUT2D eigenvalue weighted by atomic mass is 10.0. The Bertz CT molecular complexity index is 735. The Morgan fingerprint density at radius 3 is 2.78 bits per heavy atom. The van der Waals surface area contributed by atoms with E-state index in [2.05, 4.69) is 53.4 Å². The number of benzene rings is 2. The van der Waals surface area contributed by atoms with Gasteiger partial charge in [-0.1, -0.05) is 41.6 Å². The molecule has 4 heteroatoms. The lowest BCUT2D eigenvalue weighted by Gasteiger charge is -2.30. The minimum absolute atomic E-state index is 0.00379. The second kappa shape index (κ2) is 6.30. The summed E-state index contributed by atoms with van der Waals surface area (Å²) in [6.45, 7) is 5.43. The van der Waals surface area contributed by atoms with Crippen LogP contribution in [0.5, 0.6) is 0 Å². The van der Waals surface area contributed by atoms with Crippen molar-refractivity contribution in [3.63, 3.8) is 0 Å². The molecule has 2 aromatic carbocycles. The van der Waals surface area contributed by atoms with Crippen LogP contribution in [0.2, 0.25) is 0 Å². The smallest absolute Gasteiger partial charge is 0.178 e. The van der Waals surface area contributed by atoms with Crippen LogP contribution >= 0.6 is 0 Å². The Labute approximate surface area is 136 Å². The molecule has 2 aromatic rings. The highest BCUT2D eigenvalue weighted by Gasteiger charge is 2.22. The number of hydrogen-bond donors (Lipinski definition) is 0. The van der Waals surface area contributed by atoms with Gasteiger partial charge in [0.15, 0.2) is 6.23 Å². The van der Waals surface area contributed by atoms with E-state index in [0.717, 1.165) is 44.9 Å². The predicted molar refractivity (Wildman–Crippen MR) is 91.7 cm³/mol. The maximum atomic E-state index is 5.79. The van der Waals surface area contributed by atoms with Gasteiger partial charge in [-0.3, -0.25) is 4.90 Å². The van der Waals surface area contributed by atoms with E-state index in [-0.39, 0.29) is 6.23 Å². The van der Waals surface area contributed by atoms with Crippen LogP contribution in [0, 0.1) is 0 Å². The summed E-state index contributed by atoms with van der Waals surface area (Å²) in [6.07, 6.45) is 2.00. The van der Waals surface area contributed by atoms with Crippen molar-refractivity contribution in [3.05, 3.63) is 47.5 Å². The average molecular weight is 310 g/mol. The molecule has 2 aliphatic rings. The molecule has 0 N–H and O–H groups in total. The lowest BCUT2D eigenvalue weighted by Crippen LogP contribution is -2.42. The summed E-state index contributed by atoms with van der Waals surface area (Å²) in [5, 5.41) is 7.13. The molecule has 1 aliphatic carbocycles. The first kappa shape index (κ1) is 14.7. The molecule has 0 bridgehead atoms. The SMILES string of the molecule is CC(O/N=C1\CCc2c1ccc1ccccc21)N1CCOCC1. The number of nitrogens with zero attached hydrogens (tertiary/aromatic N) is 2. The fourth-order valence-corrected chi connectivity index (χ4v) is 3.50. The van der Waals surface area contributed by atoms with Crippen molar-refractivity contribution in [2.75, 3.05) is 26.3 Å². The van der Waals surface area contributed by atoms with E-state index < -0.39 is 0 Å². The van der Waals surface area contributed by atoms with Crippen molar-refractivity contribution >= 4 is 16.5 Å². The van der Waals surface area contributed by atoms with Gasteiger partial charge in [-0.25, -0.2) is 0 Å². The summed E-state index contributed by atoms with van der Waals surface area (Å²) in [5.74, 6) is 0. The van der Waals surface area contributed by atoms with Crippen LogP contribution in [0.1, 0.15) is 24.5 Å². The topological polar surface area (TPSA) is 34.1 Å². The maximum absolute atomic E-state index is 5.79. The second-order valence-electron chi connectivity index (χ2n) is 6.20. The number of morpholine rings is 1. The van der Waals surface area contributed by atoms with Gasteiger partial charge >= 0.3 is 0 Å². The second-order valence-corrected chi connectivity index (χ2v) is 6.20. The number of rotatable bonds is 3. The molecule has 0 radical (unpaired) electrons. The largest absolute Gasteiger partial charge is 0.379 e. The van der Waals surface area contributed by atoms with Gasteiger partial charge in [0.25, 0.3) is 0 Å². The third kappa shape index (κ3) is 2.84. The molecular formula is C19H22N2O2. The number of ether oxygens (including phenoxy) is 1. The average Bonchev–Trinajstić information content (AvgIpc) is 3.04. The Morgan fingerprint density at radius 1 is 1.09 bits per heavy atom. The molecule has 4 nitrogen and oxygen atoms in total. The molecule has 1 saturated heterocycles. The van der Waals surface area contributed by atoms with Crippen LogP contribution in [-0.4, -0.2) is 43.1 Å². The predicted octanol–water partition coefficient (Wildman–Crippen LogP) is 3.18. The molecule has 0 aromatic heterocycles. The molecule has 0 saturated carbocycles. The van der Waals surface area contributed by atoms with E-state index in [0.29, 0.717) is 0 Å². The first-order chi connectivity index (χ1) is 11.3. The van der Waals surface area contributed by atoms with E-state index >= 15 is 0 Å². The highest BCUT2D eigenvalue weighted by molar-refractivity contribution is 6.08. The molecule has 1 heterocycles. The quantitative estimate of drug-likeness (QED) is 0.817. The molecule has 4 rings (SSSR count). The van der Waals surface area contributed by atoms with Crippen molar-refractivity contribution < 1.29 is 9.57 Å². The molecule has 120 valence electrons. The number of aryl methyl sites for hydroxylation is 1. The fraction of sp³-hybridized carbons (Fsp3) is 0.421. The van der Waals surface area contributed by atoms with Crippen molar-refractivity contribution in [1.29, 1.82) is 0 Å². The van der Waals surface area contributed by atoms with Gasteiger partial charge in [0.2, 0.25) is 0 Å². The fourth-order valence-electron chi connectivity index (χ4n) is 3.50. The first-order valence-corrected chi connectivity index (χ1v) is 8.38. The van der Waals surface area contributed by atoms with E-state index in [9.17, 15) is 0 Å². The number of oxime groups is 1. The zero-order chi connectivity index (χ0) is 15.6. The third-order valence-electron chi connectivity index (χ3n) is 4.84. The lowest BCUT2D eigenvalue weighted by molar-refractivity contribution is -0.0856. The highest BCUT2D eigenvalue weighted by atomic mass is 16.6. The van der Waals surface area contributed by atoms with E-state index in [1.807, 2.05) is 0 Å². The number of fused-ring (bicyclic) bond motifs is 3. The molecule has 1 fully saturated rings. The van der Waals surface area contributed by atoms with Gasteiger partial charge in [0.05, 0.1) is 18.9 Å². The van der Waals surface area contributed by atoms with E-state index in [1.54, 1.807) is 0 Å². The van der Waals surface area contributed by atoms with Crippen molar-refractivity contribution in [3.8, 4) is 0 Å². The van der Waals surface area contributed by atoms with Crippen LogP contribution in [0.4, 0.5) is 0 Å². The molecule has 1 atom stereocenters. The summed E-state index contributed by atoms with van der Waals surface area (Å²) in [5.41, 5.74) is 3.73. The third-order valence-corrected chi connectivity index (χ3v) is 4.84. The first-order valence-electron chi connectivity index (χ1n) is 8.38. The normalized spacial score (nSPS) is 21.5. The minimum atomic E-state index is -0.00379. The maximum Gasteiger partial charge on any atom is 0.178 e. The van der Waals surface area contributed by atoms with Crippen LogP contribution in [0.3, 0.4) is 0 Å². The summed E-state index contributed by atoms with van der Waals surface area (Å²) < 4.78 is 5.38.